The summed E-state index contributed by atoms with van der Waals surface area (Å²) in [6.07, 6.45) is 12.1. The fourth-order valence-electron chi connectivity index (χ4n) is 1.33. The van der Waals surface area contributed by atoms with Crippen molar-refractivity contribution in [3.8, 4) is 12.3 Å². The SMILES string of the molecule is C#CC(O)/C(C)=C/C1=CCCC1. The van der Waals surface area contributed by atoms with Gasteiger partial charge in [-0.15, -0.1) is 6.42 Å². The maximum absolute atomic E-state index is 9.26. The maximum atomic E-state index is 9.26. The molecule has 0 amide bonds. The lowest BCUT2D eigenvalue weighted by atomic mass is 10.1. The molecule has 0 heterocycles. The molecule has 0 saturated carbocycles. The van der Waals surface area contributed by atoms with Crippen LogP contribution in [0.2, 0.25) is 0 Å². The topological polar surface area (TPSA) is 20.2 Å². The van der Waals surface area contributed by atoms with Gasteiger partial charge in [0.1, 0.15) is 6.10 Å². The number of rotatable bonds is 2. The van der Waals surface area contributed by atoms with Gasteiger partial charge in [-0.2, -0.15) is 0 Å². The van der Waals surface area contributed by atoms with Crippen molar-refractivity contribution in [2.45, 2.75) is 32.3 Å². The second-order valence-corrected chi connectivity index (χ2v) is 3.13. The van der Waals surface area contributed by atoms with Crippen molar-refractivity contribution >= 4 is 0 Å². The molecule has 1 heteroatoms. The molecule has 64 valence electrons. The van der Waals surface area contributed by atoms with Crippen LogP contribution < -0.4 is 0 Å². The fraction of sp³-hybridized carbons (Fsp3) is 0.455. The lowest BCUT2D eigenvalue weighted by Gasteiger charge is -2.03. The van der Waals surface area contributed by atoms with Gasteiger partial charge in [0.2, 0.25) is 0 Å². The summed E-state index contributed by atoms with van der Waals surface area (Å²) in [5, 5.41) is 9.26. The molecule has 0 aromatic carbocycles. The Morgan fingerprint density at radius 2 is 2.58 bits per heavy atom. The lowest BCUT2D eigenvalue weighted by molar-refractivity contribution is 0.268. The van der Waals surface area contributed by atoms with Gasteiger partial charge >= 0.3 is 0 Å². The van der Waals surface area contributed by atoms with Crippen LogP contribution >= 0.6 is 0 Å². The number of hydrogen-bond donors (Lipinski definition) is 1. The van der Waals surface area contributed by atoms with Crippen LogP contribution in [-0.2, 0) is 0 Å². The number of hydrogen-bond acceptors (Lipinski definition) is 1. The molecule has 0 aliphatic heterocycles. The van der Waals surface area contributed by atoms with Gasteiger partial charge in [-0.05, 0) is 31.8 Å². The Morgan fingerprint density at radius 3 is 3.08 bits per heavy atom. The van der Waals surface area contributed by atoms with Crippen molar-refractivity contribution in [3.05, 3.63) is 23.3 Å². The van der Waals surface area contributed by atoms with Gasteiger partial charge in [0.25, 0.3) is 0 Å². The molecule has 1 aliphatic rings. The number of allylic oxidation sites excluding steroid dienone is 3. The van der Waals surface area contributed by atoms with Crippen molar-refractivity contribution in [1.82, 2.24) is 0 Å². The Balaban J connectivity index is 2.62. The van der Waals surface area contributed by atoms with E-state index in [0.717, 1.165) is 18.4 Å². The molecule has 1 aliphatic carbocycles. The first-order valence-corrected chi connectivity index (χ1v) is 4.25. The minimum atomic E-state index is -0.716. The summed E-state index contributed by atoms with van der Waals surface area (Å²) in [5.41, 5.74) is 2.17. The molecule has 0 bridgehead atoms. The largest absolute Gasteiger partial charge is 0.376 e. The average molecular weight is 162 g/mol. The lowest BCUT2D eigenvalue weighted by Crippen LogP contribution is -2.03. The first-order valence-electron chi connectivity index (χ1n) is 4.25. The average Bonchev–Trinajstić information content (AvgIpc) is 2.55. The highest BCUT2D eigenvalue weighted by Crippen LogP contribution is 2.20. The Bertz CT molecular complexity index is 253. The van der Waals surface area contributed by atoms with Crippen molar-refractivity contribution in [1.29, 1.82) is 0 Å². The monoisotopic (exact) mass is 162 g/mol. The van der Waals surface area contributed by atoms with E-state index in [1.165, 1.54) is 12.0 Å². The summed E-state index contributed by atoms with van der Waals surface area (Å²) >= 11 is 0. The molecular weight excluding hydrogens is 148 g/mol. The zero-order chi connectivity index (χ0) is 8.97. The zero-order valence-corrected chi connectivity index (χ0v) is 7.38. The van der Waals surface area contributed by atoms with Crippen molar-refractivity contribution in [3.63, 3.8) is 0 Å². The predicted molar refractivity (Wildman–Crippen MR) is 50.5 cm³/mol. The molecule has 1 rings (SSSR count). The van der Waals surface area contributed by atoms with E-state index in [-0.39, 0.29) is 0 Å². The highest BCUT2D eigenvalue weighted by atomic mass is 16.3. The molecule has 0 aromatic rings. The third-order valence-electron chi connectivity index (χ3n) is 2.08. The Kier molecular flexibility index (Phi) is 3.13. The molecule has 0 fully saturated rings. The van der Waals surface area contributed by atoms with Gasteiger partial charge in [0, 0.05) is 0 Å². The van der Waals surface area contributed by atoms with Crippen LogP contribution in [0.25, 0.3) is 0 Å². The maximum Gasteiger partial charge on any atom is 0.136 e. The Hall–Kier alpha value is -1.00. The predicted octanol–water partition coefficient (Wildman–Crippen LogP) is 2.04. The summed E-state index contributed by atoms with van der Waals surface area (Å²) in [6, 6.07) is 0. The molecule has 0 radical (unpaired) electrons. The van der Waals surface area contributed by atoms with Crippen molar-refractivity contribution in [2.75, 3.05) is 0 Å². The minimum Gasteiger partial charge on any atom is -0.376 e. The first-order chi connectivity index (χ1) is 5.74. The molecule has 0 spiro atoms. The fourth-order valence-corrected chi connectivity index (χ4v) is 1.33. The van der Waals surface area contributed by atoms with Crippen LogP contribution in [-0.4, -0.2) is 11.2 Å². The molecular formula is C11H14O. The molecule has 1 atom stereocenters. The zero-order valence-electron chi connectivity index (χ0n) is 7.38. The summed E-state index contributed by atoms with van der Waals surface area (Å²) in [7, 11) is 0. The van der Waals surface area contributed by atoms with E-state index in [1.807, 2.05) is 13.0 Å². The standard InChI is InChI=1S/C11H14O/c1-3-11(12)9(2)8-10-6-4-5-7-10/h1,6,8,11-12H,4-5,7H2,2H3/b9-8+. The van der Waals surface area contributed by atoms with Crippen molar-refractivity contribution in [2.24, 2.45) is 0 Å². The highest BCUT2D eigenvalue weighted by Gasteiger charge is 2.05. The van der Waals surface area contributed by atoms with E-state index in [2.05, 4.69) is 12.0 Å². The van der Waals surface area contributed by atoms with Gasteiger partial charge in [0.05, 0.1) is 0 Å². The quantitative estimate of drug-likeness (QED) is 0.616. The van der Waals surface area contributed by atoms with Crippen LogP contribution in [0.3, 0.4) is 0 Å². The van der Waals surface area contributed by atoms with Gasteiger partial charge < -0.3 is 5.11 Å². The normalized spacial score (nSPS) is 20.1. The Labute approximate surface area is 73.8 Å². The third kappa shape index (κ3) is 2.25. The summed E-state index contributed by atoms with van der Waals surface area (Å²) in [4.78, 5) is 0. The van der Waals surface area contributed by atoms with E-state index in [9.17, 15) is 5.11 Å². The van der Waals surface area contributed by atoms with Gasteiger partial charge in [-0.1, -0.05) is 23.6 Å². The van der Waals surface area contributed by atoms with E-state index in [4.69, 9.17) is 6.42 Å². The summed E-state index contributed by atoms with van der Waals surface area (Å²) in [5.74, 6) is 2.30. The van der Waals surface area contributed by atoms with Crippen LogP contribution in [0.5, 0.6) is 0 Å². The Morgan fingerprint density at radius 1 is 1.83 bits per heavy atom. The number of aliphatic hydroxyl groups is 1. The second kappa shape index (κ2) is 4.13. The molecule has 0 saturated heterocycles. The molecule has 1 nitrogen and oxygen atoms in total. The van der Waals surface area contributed by atoms with E-state index in [1.54, 1.807) is 0 Å². The number of terminal acetylenes is 1. The first kappa shape index (κ1) is 9.09. The van der Waals surface area contributed by atoms with E-state index < -0.39 is 6.10 Å². The van der Waals surface area contributed by atoms with E-state index >= 15 is 0 Å². The number of aliphatic hydroxyl groups excluding tert-OH is 1. The van der Waals surface area contributed by atoms with Crippen LogP contribution in [0.1, 0.15) is 26.2 Å². The summed E-state index contributed by atoms with van der Waals surface area (Å²) < 4.78 is 0. The van der Waals surface area contributed by atoms with E-state index in [0.29, 0.717) is 0 Å². The van der Waals surface area contributed by atoms with Gasteiger partial charge in [0.15, 0.2) is 0 Å². The summed E-state index contributed by atoms with van der Waals surface area (Å²) in [6.45, 7) is 1.86. The second-order valence-electron chi connectivity index (χ2n) is 3.13. The highest BCUT2D eigenvalue weighted by molar-refractivity contribution is 5.29. The van der Waals surface area contributed by atoms with Crippen LogP contribution in [0.15, 0.2) is 23.3 Å². The molecule has 1 N–H and O–H groups in total. The molecule has 12 heavy (non-hydrogen) atoms. The minimum absolute atomic E-state index is 0.716. The third-order valence-corrected chi connectivity index (χ3v) is 2.08. The van der Waals surface area contributed by atoms with Crippen LogP contribution in [0, 0.1) is 12.3 Å². The van der Waals surface area contributed by atoms with Crippen molar-refractivity contribution < 1.29 is 5.11 Å². The van der Waals surface area contributed by atoms with Gasteiger partial charge in [-0.3, -0.25) is 0 Å². The molecule has 1 unspecified atom stereocenters. The van der Waals surface area contributed by atoms with Gasteiger partial charge in [-0.25, -0.2) is 0 Å². The smallest absolute Gasteiger partial charge is 0.136 e. The molecule has 0 aromatic heterocycles. The van der Waals surface area contributed by atoms with Crippen LogP contribution in [0.4, 0.5) is 0 Å².